The standard InChI is InChI=1S/C19H27N3O2S/c1-13-8-15(3)16(9-14(13)2)10-18(23)21-4-6-22(7-5-21)19(24)17-11-25-12-20-17/h8-9,17,20H,4-7,10-12H2,1-3H3. The Morgan fingerprint density at radius 3 is 2.32 bits per heavy atom. The molecule has 0 radical (unpaired) electrons. The van der Waals surface area contributed by atoms with Gasteiger partial charge < -0.3 is 9.80 Å². The van der Waals surface area contributed by atoms with Gasteiger partial charge in [-0.15, -0.1) is 11.8 Å². The molecule has 2 aliphatic rings. The van der Waals surface area contributed by atoms with Gasteiger partial charge in [0.05, 0.1) is 12.5 Å². The molecular formula is C19H27N3O2S. The zero-order valence-corrected chi connectivity index (χ0v) is 16.1. The fourth-order valence-corrected chi connectivity index (χ4v) is 4.37. The van der Waals surface area contributed by atoms with Gasteiger partial charge in [0.15, 0.2) is 0 Å². The molecule has 0 bridgehead atoms. The van der Waals surface area contributed by atoms with Crippen LogP contribution in [0, 0.1) is 20.8 Å². The van der Waals surface area contributed by atoms with Crippen molar-refractivity contribution in [3.8, 4) is 0 Å². The first kappa shape index (κ1) is 18.3. The summed E-state index contributed by atoms with van der Waals surface area (Å²) in [5, 5.41) is 3.23. The van der Waals surface area contributed by atoms with Crippen LogP contribution in [0.15, 0.2) is 12.1 Å². The number of amides is 2. The molecule has 25 heavy (non-hydrogen) atoms. The number of aryl methyl sites for hydroxylation is 3. The van der Waals surface area contributed by atoms with Crippen LogP contribution in [0.25, 0.3) is 0 Å². The normalized spacial score (nSPS) is 20.8. The van der Waals surface area contributed by atoms with E-state index in [0.717, 1.165) is 17.2 Å². The molecule has 1 atom stereocenters. The summed E-state index contributed by atoms with van der Waals surface area (Å²) in [5.41, 5.74) is 4.78. The highest BCUT2D eigenvalue weighted by Gasteiger charge is 2.30. The fourth-order valence-electron chi connectivity index (χ4n) is 3.44. The smallest absolute Gasteiger partial charge is 0.240 e. The summed E-state index contributed by atoms with van der Waals surface area (Å²) in [4.78, 5) is 28.9. The SMILES string of the molecule is Cc1cc(C)c(CC(=O)N2CCN(C(=O)C3CSCN3)CC2)cc1C. The van der Waals surface area contributed by atoms with Crippen molar-refractivity contribution in [1.29, 1.82) is 0 Å². The zero-order valence-electron chi connectivity index (χ0n) is 15.3. The monoisotopic (exact) mass is 361 g/mol. The third-order valence-corrected chi connectivity index (χ3v) is 6.19. The Bertz CT molecular complexity index is 663. The van der Waals surface area contributed by atoms with E-state index in [4.69, 9.17) is 0 Å². The van der Waals surface area contributed by atoms with E-state index in [1.54, 1.807) is 11.8 Å². The van der Waals surface area contributed by atoms with Gasteiger partial charge in [-0.05, 0) is 43.0 Å². The maximum Gasteiger partial charge on any atom is 0.240 e. The Kier molecular flexibility index (Phi) is 5.69. The van der Waals surface area contributed by atoms with Crippen LogP contribution in [0.2, 0.25) is 0 Å². The summed E-state index contributed by atoms with van der Waals surface area (Å²) < 4.78 is 0. The Morgan fingerprint density at radius 1 is 1.04 bits per heavy atom. The van der Waals surface area contributed by atoms with E-state index >= 15 is 0 Å². The number of benzene rings is 1. The summed E-state index contributed by atoms with van der Waals surface area (Å²) >= 11 is 1.76. The molecule has 2 heterocycles. The second-order valence-electron chi connectivity index (χ2n) is 7.02. The number of carbonyl (C=O) groups is 2. The Labute approximate surface area is 154 Å². The summed E-state index contributed by atoms with van der Waals surface area (Å²) in [6, 6.07) is 4.23. The van der Waals surface area contributed by atoms with E-state index in [1.165, 1.54) is 16.7 Å². The first-order valence-electron chi connectivity index (χ1n) is 8.90. The van der Waals surface area contributed by atoms with Crippen LogP contribution in [0.4, 0.5) is 0 Å². The van der Waals surface area contributed by atoms with Gasteiger partial charge in [0.2, 0.25) is 11.8 Å². The minimum atomic E-state index is -0.0505. The van der Waals surface area contributed by atoms with Gasteiger partial charge in [0, 0.05) is 37.8 Å². The van der Waals surface area contributed by atoms with Gasteiger partial charge in [0.25, 0.3) is 0 Å². The lowest BCUT2D eigenvalue weighted by molar-refractivity contribution is -0.140. The van der Waals surface area contributed by atoms with Gasteiger partial charge in [0.1, 0.15) is 0 Å². The van der Waals surface area contributed by atoms with Crippen LogP contribution in [0.3, 0.4) is 0 Å². The average molecular weight is 362 g/mol. The lowest BCUT2D eigenvalue weighted by Crippen LogP contribution is -2.54. The fraction of sp³-hybridized carbons (Fsp3) is 0.579. The largest absolute Gasteiger partial charge is 0.339 e. The molecule has 0 aliphatic carbocycles. The highest BCUT2D eigenvalue weighted by Crippen LogP contribution is 2.18. The van der Waals surface area contributed by atoms with Crippen molar-refractivity contribution in [3.63, 3.8) is 0 Å². The van der Waals surface area contributed by atoms with Crippen molar-refractivity contribution in [2.75, 3.05) is 37.8 Å². The molecule has 5 nitrogen and oxygen atoms in total. The van der Waals surface area contributed by atoms with E-state index in [2.05, 4.69) is 38.2 Å². The molecule has 2 saturated heterocycles. The number of hydrogen-bond donors (Lipinski definition) is 1. The van der Waals surface area contributed by atoms with E-state index in [1.807, 2.05) is 9.80 Å². The first-order chi connectivity index (χ1) is 12.0. The number of nitrogens with one attached hydrogen (secondary N) is 1. The van der Waals surface area contributed by atoms with Crippen LogP contribution in [-0.4, -0.2) is 65.5 Å². The predicted molar refractivity (Wildman–Crippen MR) is 102 cm³/mol. The molecule has 0 spiro atoms. The molecule has 0 saturated carbocycles. The van der Waals surface area contributed by atoms with Gasteiger partial charge in [-0.25, -0.2) is 0 Å². The topological polar surface area (TPSA) is 52.7 Å². The molecule has 2 aliphatic heterocycles. The van der Waals surface area contributed by atoms with Crippen molar-refractivity contribution in [1.82, 2.24) is 15.1 Å². The highest BCUT2D eigenvalue weighted by molar-refractivity contribution is 7.99. The van der Waals surface area contributed by atoms with Gasteiger partial charge in [-0.2, -0.15) is 0 Å². The number of rotatable bonds is 3. The molecule has 1 aromatic rings. The van der Waals surface area contributed by atoms with Gasteiger partial charge in [-0.3, -0.25) is 14.9 Å². The molecule has 6 heteroatoms. The zero-order chi connectivity index (χ0) is 18.0. The number of thioether (sulfide) groups is 1. The first-order valence-corrected chi connectivity index (χ1v) is 10.1. The van der Waals surface area contributed by atoms with Gasteiger partial charge >= 0.3 is 0 Å². The quantitative estimate of drug-likeness (QED) is 0.886. The van der Waals surface area contributed by atoms with Crippen molar-refractivity contribution >= 4 is 23.6 Å². The summed E-state index contributed by atoms with van der Waals surface area (Å²) in [7, 11) is 0. The maximum atomic E-state index is 12.7. The average Bonchev–Trinajstić information content (AvgIpc) is 3.13. The Balaban J connectivity index is 1.55. The minimum Gasteiger partial charge on any atom is -0.339 e. The molecule has 1 aromatic carbocycles. The second kappa shape index (κ2) is 7.79. The summed E-state index contributed by atoms with van der Waals surface area (Å²) in [6.45, 7) is 8.80. The third kappa shape index (κ3) is 4.18. The highest BCUT2D eigenvalue weighted by atomic mass is 32.2. The molecule has 0 aromatic heterocycles. The van der Waals surface area contributed by atoms with E-state index in [0.29, 0.717) is 32.6 Å². The van der Waals surface area contributed by atoms with Gasteiger partial charge in [-0.1, -0.05) is 12.1 Å². The van der Waals surface area contributed by atoms with Crippen LogP contribution in [0.5, 0.6) is 0 Å². The number of nitrogens with zero attached hydrogens (tertiary/aromatic N) is 2. The number of piperazine rings is 1. The van der Waals surface area contributed by atoms with Crippen LogP contribution < -0.4 is 5.32 Å². The van der Waals surface area contributed by atoms with Crippen LogP contribution in [0.1, 0.15) is 22.3 Å². The molecular weight excluding hydrogens is 334 g/mol. The van der Waals surface area contributed by atoms with Crippen molar-refractivity contribution in [3.05, 3.63) is 34.4 Å². The molecule has 3 rings (SSSR count). The van der Waals surface area contributed by atoms with Crippen molar-refractivity contribution in [2.24, 2.45) is 0 Å². The molecule has 136 valence electrons. The molecule has 2 amide bonds. The molecule has 1 unspecified atom stereocenters. The predicted octanol–water partition coefficient (Wildman–Crippen LogP) is 1.49. The molecule has 1 N–H and O–H groups in total. The minimum absolute atomic E-state index is 0.0505. The Morgan fingerprint density at radius 2 is 1.68 bits per heavy atom. The van der Waals surface area contributed by atoms with E-state index < -0.39 is 0 Å². The summed E-state index contributed by atoms with van der Waals surface area (Å²) in [5.74, 6) is 2.05. The van der Waals surface area contributed by atoms with Crippen LogP contribution >= 0.6 is 11.8 Å². The van der Waals surface area contributed by atoms with Crippen LogP contribution in [-0.2, 0) is 16.0 Å². The van der Waals surface area contributed by atoms with E-state index in [-0.39, 0.29) is 17.9 Å². The lowest BCUT2D eigenvalue weighted by atomic mass is 9.98. The Hall–Kier alpha value is -1.53. The molecule has 2 fully saturated rings. The number of hydrogen-bond acceptors (Lipinski definition) is 4. The van der Waals surface area contributed by atoms with E-state index in [9.17, 15) is 9.59 Å². The summed E-state index contributed by atoms with van der Waals surface area (Å²) in [6.07, 6.45) is 0.446. The second-order valence-corrected chi connectivity index (χ2v) is 8.05. The lowest BCUT2D eigenvalue weighted by Gasteiger charge is -2.36. The van der Waals surface area contributed by atoms with Crippen molar-refractivity contribution < 1.29 is 9.59 Å². The maximum absolute atomic E-state index is 12.7. The van der Waals surface area contributed by atoms with Crippen molar-refractivity contribution in [2.45, 2.75) is 33.2 Å². The third-order valence-electron chi connectivity index (χ3n) is 5.25. The number of carbonyl (C=O) groups excluding carboxylic acids is 2.